The van der Waals surface area contributed by atoms with Crippen LogP contribution in [-0.4, -0.2) is 23.4 Å². The van der Waals surface area contributed by atoms with Gasteiger partial charge in [0.05, 0.1) is 0 Å². The zero-order valence-electron chi connectivity index (χ0n) is 10.4. The highest BCUT2D eigenvalue weighted by molar-refractivity contribution is 5.27. The quantitative estimate of drug-likeness (QED) is 0.752. The lowest BCUT2D eigenvalue weighted by atomic mass is 9.97. The van der Waals surface area contributed by atoms with E-state index in [-0.39, 0.29) is 12.4 Å². The first-order valence-electron chi connectivity index (χ1n) is 6.49. The molecule has 1 aliphatic carbocycles. The molecule has 1 aromatic carbocycles. The number of hydrogen-bond donors (Lipinski definition) is 3. The summed E-state index contributed by atoms with van der Waals surface area (Å²) in [5.74, 6) is 0.0457. The summed E-state index contributed by atoms with van der Waals surface area (Å²) in [5.41, 5.74) is 0.823. The third kappa shape index (κ3) is 3.21. The van der Waals surface area contributed by atoms with Gasteiger partial charge in [-0.15, -0.1) is 0 Å². The molecule has 4 heteroatoms. The summed E-state index contributed by atoms with van der Waals surface area (Å²) in [4.78, 5) is 0. The fourth-order valence-electron chi connectivity index (χ4n) is 2.68. The van der Waals surface area contributed by atoms with E-state index in [0.29, 0.717) is 18.4 Å². The summed E-state index contributed by atoms with van der Waals surface area (Å²) in [7, 11) is 0. The molecule has 0 heterocycles. The lowest BCUT2D eigenvalue weighted by Gasteiger charge is -2.17. The third-order valence-corrected chi connectivity index (χ3v) is 3.80. The minimum atomic E-state index is -0.580. The number of phenols is 1. The number of aliphatic hydroxyl groups excluding tert-OH is 1. The fraction of sp³-hybridized carbons (Fsp3) is 0.571. The zero-order valence-corrected chi connectivity index (χ0v) is 10.4. The van der Waals surface area contributed by atoms with Crippen LogP contribution in [0.2, 0.25) is 0 Å². The molecule has 1 aromatic rings. The molecule has 2 rings (SSSR count). The third-order valence-electron chi connectivity index (χ3n) is 3.80. The van der Waals surface area contributed by atoms with Gasteiger partial charge in [-0.2, -0.15) is 0 Å². The molecule has 0 aromatic heterocycles. The van der Waals surface area contributed by atoms with E-state index in [1.54, 1.807) is 6.07 Å². The van der Waals surface area contributed by atoms with Crippen LogP contribution in [0.5, 0.6) is 5.75 Å². The SMILES string of the molecule is OCC1CCCC1CNCc1ccc(O)c(F)c1. The van der Waals surface area contributed by atoms with Gasteiger partial charge in [-0.05, 0) is 48.9 Å². The topological polar surface area (TPSA) is 52.5 Å². The predicted octanol–water partition coefficient (Wildman–Crippen LogP) is 2.03. The second-order valence-electron chi connectivity index (χ2n) is 5.05. The molecule has 18 heavy (non-hydrogen) atoms. The van der Waals surface area contributed by atoms with Crippen LogP contribution in [0.1, 0.15) is 24.8 Å². The Kier molecular flexibility index (Phi) is 4.55. The Balaban J connectivity index is 1.79. The number of aromatic hydroxyl groups is 1. The van der Waals surface area contributed by atoms with E-state index in [2.05, 4.69) is 5.32 Å². The zero-order chi connectivity index (χ0) is 13.0. The Morgan fingerprint density at radius 1 is 1.28 bits per heavy atom. The first kappa shape index (κ1) is 13.3. The molecule has 3 N–H and O–H groups in total. The van der Waals surface area contributed by atoms with E-state index in [1.807, 2.05) is 0 Å². The molecule has 1 fully saturated rings. The summed E-state index contributed by atoms with van der Waals surface area (Å²) in [6, 6.07) is 4.43. The lowest BCUT2D eigenvalue weighted by molar-refractivity contribution is 0.192. The number of rotatable bonds is 5. The summed E-state index contributed by atoms with van der Waals surface area (Å²) in [6.07, 6.45) is 3.45. The van der Waals surface area contributed by atoms with Gasteiger partial charge in [-0.25, -0.2) is 4.39 Å². The Bertz CT molecular complexity index is 397. The molecule has 0 saturated heterocycles. The van der Waals surface area contributed by atoms with E-state index < -0.39 is 5.82 Å². The van der Waals surface area contributed by atoms with Gasteiger partial charge in [0.1, 0.15) is 0 Å². The number of hydrogen-bond acceptors (Lipinski definition) is 3. The molecule has 0 amide bonds. The minimum absolute atomic E-state index is 0.264. The average molecular weight is 253 g/mol. The van der Waals surface area contributed by atoms with E-state index >= 15 is 0 Å². The molecule has 1 saturated carbocycles. The minimum Gasteiger partial charge on any atom is -0.505 e. The van der Waals surface area contributed by atoms with Crippen molar-refractivity contribution in [2.75, 3.05) is 13.2 Å². The van der Waals surface area contributed by atoms with Gasteiger partial charge in [0.2, 0.25) is 0 Å². The standard InChI is InChI=1S/C14H20FNO2/c15-13-6-10(4-5-14(13)18)7-16-8-11-2-1-3-12(11)9-17/h4-6,11-12,16-18H,1-3,7-9H2. The summed E-state index contributed by atoms with van der Waals surface area (Å²) in [5, 5.41) is 21.6. The van der Waals surface area contributed by atoms with Crippen molar-refractivity contribution in [2.24, 2.45) is 11.8 Å². The molecule has 0 bridgehead atoms. The number of nitrogens with one attached hydrogen (secondary N) is 1. The van der Waals surface area contributed by atoms with Crippen molar-refractivity contribution in [2.45, 2.75) is 25.8 Å². The van der Waals surface area contributed by atoms with Crippen LogP contribution in [-0.2, 0) is 6.54 Å². The van der Waals surface area contributed by atoms with Crippen molar-refractivity contribution in [3.8, 4) is 5.75 Å². The van der Waals surface area contributed by atoms with E-state index in [0.717, 1.165) is 24.9 Å². The van der Waals surface area contributed by atoms with Crippen LogP contribution in [0.15, 0.2) is 18.2 Å². The number of phenolic OH excluding ortho intramolecular Hbond substituents is 1. The largest absolute Gasteiger partial charge is 0.505 e. The first-order valence-corrected chi connectivity index (χ1v) is 6.49. The molecule has 100 valence electrons. The van der Waals surface area contributed by atoms with Gasteiger partial charge >= 0.3 is 0 Å². The summed E-state index contributed by atoms with van der Waals surface area (Å²) < 4.78 is 13.1. The summed E-state index contributed by atoms with van der Waals surface area (Å²) >= 11 is 0. The van der Waals surface area contributed by atoms with Crippen LogP contribution in [0.4, 0.5) is 4.39 Å². The maximum absolute atomic E-state index is 13.1. The molecule has 0 spiro atoms. The second kappa shape index (κ2) is 6.16. The second-order valence-corrected chi connectivity index (χ2v) is 5.05. The van der Waals surface area contributed by atoms with Crippen LogP contribution in [0.3, 0.4) is 0 Å². The number of benzene rings is 1. The van der Waals surface area contributed by atoms with Crippen molar-refractivity contribution < 1.29 is 14.6 Å². The van der Waals surface area contributed by atoms with Crippen LogP contribution in [0, 0.1) is 17.7 Å². The monoisotopic (exact) mass is 253 g/mol. The van der Waals surface area contributed by atoms with Crippen LogP contribution >= 0.6 is 0 Å². The predicted molar refractivity (Wildman–Crippen MR) is 67.7 cm³/mol. The van der Waals surface area contributed by atoms with Crippen molar-refractivity contribution in [3.05, 3.63) is 29.6 Å². The molecule has 2 unspecified atom stereocenters. The van der Waals surface area contributed by atoms with E-state index in [9.17, 15) is 9.50 Å². The number of aliphatic hydroxyl groups is 1. The highest BCUT2D eigenvalue weighted by Crippen LogP contribution is 2.30. The molecule has 0 radical (unpaired) electrons. The highest BCUT2D eigenvalue weighted by atomic mass is 19.1. The smallest absolute Gasteiger partial charge is 0.165 e. The fourth-order valence-corrected chi connectivity index (χ4v) is 2.68. The van der Waals surface area contributed by atoms with Crippen molar-refractivity contribution in [1.82, 2.24) is 5.32 Å². The van der Waals surface area contributed by atoms with Crippen molar-refractivity contribution >= 4 is 0 Å². The Morgan fingerprint density at radius 3 is 2.78 bits per heavy atom. The molecule has 0 aliphatic heterocycles. The van der Waals surface area contributed by atoms with Gasteiger partial charge in [0.15, 0.2) is 11.6 Å². The molecular formula is C14H20FNO2. The highest BCUT2D eigenvalue weighted by Gasteiger charge is 2.25. The van der Waals surface area contributed by atoms with Crippen molar-refractivity contribution in [3.63, 3.8) is 0 Å². The van der Waals surface area contributed by atoms with Gasteiger partial charge in [-0.1, -0.05) is 12.5 Å². The molecule has 3 nitrogen and oxygen atoms in total. The van der Waals surface area contributed by atoms with Crippen molar-refractivity contribution in [1.29, 1.82) is 0 Å². The lowest BCUT2D eigenvalue weighted by Crippen LogP contribution is -2.26. The van der Waals surface area contributed by atoms with Crippen LogP contribution < -0.4 is 5.32 Å². The first-order chi connectivity index (χ1) is 8.70. The molecule has 1 aliphatic rings. The Morgan fingerprint density at radius 2 is 2.06 bits per heavy atom. The Hall–Kier alpha value is -1.13. The molecule has 2 atom stereocenters. The van der Waals surface area contributed by atoms with E-state index in [1.165, 1.54) is 18.6 Å². The molecular weight excluding hydrogens is 233 g/mol. The Labute approximate surface area is 107 Å². The van der Waals surface area contributed by atoms with Gasteiger partial charge < -0.3 is 15.5 Å². The van der Waals surface area contributed by atoms with E-state index in [4.69, 9.17) is 5.11 Å². The van der Waals surface area contributed by atoms with Gasteiger partial charge in [0, 0.05) is 13.2 Å². The van der Waals surface area contributed by atoms with Crippen LogP contribution in [0.25, 0.3) is 0 Å². The van der Waals surface area contributed by atoms with Gasteiger partial charge in [-0.3, -0.25) is 0 Å². The normalized spacial score (nSPS) is 23.4. The summed E-state index contributed by atoms with van der Waals surface area (Å²) in [6.45, 7) is 1.71. The maximum Gasteiger partial charge on any atom is 0.165 e. The van der Waals surface area contributed by atoms with Gasteiger partial charge in [0.25, 0.3) is 0 Å². The average Bonchev–Trinajstić information content (AvgIpc) is 2.81. The number of halogens is 1. The maximum atomic E-state index is 13.1.